The summed E-state index contributed by atoms with van der Waals surface area (Å²) in [6, 6.07) is 5.51. The molecule has 0 saturated carbocycles. The molecule has 3 aromatic rings. The molecule has 0 radical (unpaired) electrons. The van der Waals surface area contributed by atoms with E-state index in [0.29, 0.717) is 28.2 Å². The lowest BCUT2D eigenvalue weighted by Crippen LogP contribution is -2.44. The second-order valence-electron chi connectivity index (χ2n) is 9.51. The van der Waals surface area contributed by atoms with Crippen LogP contribution >= 0.6 is 27.5 Å². The zero-order valence-electron chi connectivity index (χ0n) is 19.7. The van der Waals surface area contributed by atoms with Gasteiger partial charge in [0.1, 0.15) is 11.2 Å². The molecule has 182 valence electrons. The van der Waals surface area contributed by atoms with Crippen molar-refractivity contribution in [1.29, 1.82) is 0 Å². The summed E-state index contributed by atoms with van der Waals surface area (Å²) in [5.41, 5.74) is 5.98. The molecule has 0 bridgehead atoms. The Kier molecular flexibility index (Phi) is 7.09. The fourth-order valence-corrected chi connectivity index (χ4v) is 3.33. The number of amides is 2. The van der Waals surface area contributed by atoms with Gasteiger partial charge in [-0.25, -0.2) is 14.3 Å². The molecule has 0 spiro atoms. The fourth-order valence-electron chi connectivity index (χ4n) is 2.93. The maximum Gasteiger partial charge on any atom is 0.425 e. The highest BCUT2D eigenvalue weighted by atomic mass is 79.9. The molecule has 0 aliphatic heterocycles. The number of nitrogens with two attached hydrogens (primary N) is 1. The quantitative estimate of drug-likeness (QED) is 0.330. The topological polar surface area (TPSA) is 125 Å². The summed E-state index contributed by atoms with van der Waals surface area (Å²) in [5, 5.41) is 4.49. The smallest absolute Gasteiger partial charge is 0.425 e. The third-order valence-electron chi connectivity index (χ3n) is 4.21. The molecule has 2 aromatic heterocycles. The number of rotatable bonds is 3. The fraction of sp³-hybridized carbons (Fsp3) is 0.409. The Morgan fingerprint density at radius 2 is 1.68 bits per heavy atom. The Bertz CT molecular complexity index is 1220. The molecular weight excluding hydrogens is 528 g/mol. The summed E-state index contributed by atoms with van der Waals surface area (Å²) in [5.74, 6) is -0.0972. The van der Waals surface area contributed by atoms with Crippen molar-refractivity contribution >= 4 is 62.3 Å². The average Bonchev–Trinajstić information content (AvgIpc) is 3.04. The molecule has 34 heavy (non-hydrogen) atoms. The van der Waals surface area contributed by atoms with Crippen LogP contribution in [0, 0.1) is 0 Å². The summed E-state index contributed by atoms with van der Waals surface area (Å²) in [6.07, 6.45) is -0.484. The van der Waals surface area contributed by atoms with Crippen molar-refractivity contribution in [2.45, 2.75) is 59.3 Å². The normalized spacial score (nSPS) is 12.0. The summed E-state index contributed by atoms with van der Waals surface area (Å²) >= 11 is 9.57. The van der Waals surface area contributed by atoms with Crippen LogP contribution < -0.4 is 10.6 Å². The molecule has 10 nitrogen and oxygen atoms in total. The zero-order chi connectivity index (χ0) is 25.4. The van der Waals surface area contributed by atoms with Crippen molar-refractivity contribution in [3.63, 3.8) is 0 Å². The molecule has 3 rings (SSSR count). The Labute approximate surface area is 210 Å². The molecule has 1 aromatic carbocycles. The Morgan fingerprint density at radius 1 is 1.09 bits per heavy atom. The van der Waals surface area contributed by atoms with Gasteiger partial charge in [-0.15, -0.1) is 0 Å². The molecule has 12 heteroatoms. The second-order valence-corrected chi connectivity index (χ2v) is 10.7. The first kappa shape index (κ1) is 25.7. The van der Waals surface area contributed by atoms with Gasteiger partial charge in [0.2, 0.25) is 5.28 Å². The van der Waals surface area contributed by atoms with Gasteiger partial charge in [0, 0.05) is 10.2 Å². The van der Waals surface area contributed by atoms with Gasteiger partial charge in [0.25, 0.3) is 0 Å². The number of benzene rings is 1. The highest BCUT2D eigenvalue weighted by Gasteiger charge is 2.35. The van der Waals surface area contributed by atoms with Crippen LogP contribution in [0.2, 0.25) is 5.28 Å². The number of halogens is 2. The minimum atomic E-state index is -0.966. The zero-order valence-corrected chi connectivity index (χ0v) is 22.1. The van der Waals surface area contributed by atoms with Crippen molar-refractivity contribution in [3.8, 4) is 0 Å². The first-order valence-electron chi connectivity index (χ1n) is 10.3. The molecule has 2 amide bonds. The van der Waals surface area contributed by atoms with Crippen LogP contribution in [-0.2, 0) is 16.0 Å². The number of anilines is 2. The van der Waals surface area contributed by atoms with Crippen LogP contribution in [-0.4, -0.2) is 43.1 Å². The minimum absolute atomic E-state index is 0.0972. The van der Waals surface area contributed by atoms with Crippen LogP contribution in [0.25, 0.3) is 11.0 Å². The van der Waals surface area contributed by atoms with Gasteiger partial charge in [-0.3, -0.25) is 0 Å². The number of carbonyl (C=O) groups excluding carboxylic acids is 2. The lowest BCUT2D eigenvalue weighted by molar-refractivity contribution is 0.0429. The van der Waals surface area contributed by atoms with Gasteiger partial charge in [-0.2, -0.15) is 20.0 Å². The summed E-state index contributed by atoms with van der Waals surface area (Å²) < 4.78 is 13.2. The minimum Gasteiger partial charge on any atom is -0.443 e. The van der Waals surface area contributed by atoms with Crippen LogP contribution in [0.1, 0.15) is 47.1 Å². The molecule has 0 aliphatic rings. The van der Waals surface area contributed by atoms with E-state index in [1.54, 1.807) is 52.3 Å². The summed E-state index contributed by atoms with van der Waals surface area (Å²) in [6.45, 7) is 10.4. The predicted octanol–water partition coefficient (Wildman–Crippen LogP) is 5.55. The molecule has 0 saturated heterocycles. The van der Waals surface area contributed by atoms with Gasteiger partial charge >= 0.3 is 12.2 Å². The van der Waals surface area contributed by atoms with E-state index in [-0.39, 0.29) is 11.1 Å². The SMILES string of the molecule is CC(C)(C)OC(=O)N(C(=O)OC(C)(C)C)c1nc(Cl)nc2c1cnn2Cc1ccc(Br)c(N)c1. The molecule has 0 atom stereocenters. The number of ether oxygens (including phenoxy) is 2. The molecule has 2 N–H and O–H groups in total. The van der Waals surface area contributed by atoms with Crippen LogP contribution in [0.4, 0.5) is 21.1 Å². The van der Waals surface area contributed by atoms with E-state index in [9.17, 15) is 9.59 Å². The number of aromatic nitrogens is 4. The first-order valence-corrected chi connectivity index (χ1v) is 11.5. The molecule has 0 aliphatic carbocycles. The third-order valence-corrected chi connectivity index (χ3v) is 5.10. The Hall–Kier alpha value is -2.92. The van der Waals surface area contributed by atoms with E-state index in [1.807, 2.05) is 12.1 Å². The molecular formula is C22H26BrClN6O4. The largest absolute Gasteiger partial charge is 0.443 e. The number of nitrogen functional groups attached to an aromatic ring is 1. The lowest BCUT2D eigenvalue weighted by Gasteiger charge is -2.28. The lowest BCUT2D eigenvalue weighted by atomic mass is 10.2. The number of hydrogen-bond acceptors (Lipinski definition) is 8. The number of nitrogens with zero attached hydrogens (tertiary/aromatic N) is 5. The van der Waals surface area contributed by atoms with E-state index >= 15 is 0 Å². The maximum absolute atomic E-state index is 13.1. The van der Waals surface area contributed by atoms with E-state index < -0.39 is 23.4 Å². The van der Waals surface area contributed by atoms with Gasteiger partial charge in [0.15, 0.2) is 11.5 Å². The van der Waals surface area contributed by atoms with Crippen molar-refractivity contribution in [2.24, 2.45) is 0 Å². The number of imide groups is 1. The van der Waals surface area contributed by atoms with E-state index in [0.717, 1.165) is 10.0 Å². The van der Waals surface area contributed by atoms with Gasteiger partial charge in [-0.1, -0.05) is 6.07 Å². The van der Waals surface area contributed by atoms with Crippen LogP contribution in [0.15, 0.2) is 28.9 Å². The predicted molar refractivity (Wildman–Crippen MR) is 133 cm³/mol. The molecule has 0 fully saturated rings. The third kappa shape index (κ3) is 6.15. The van der Waals surface area contributed by atoms with Crippen molar-refractivity contribution in [1.82, 2.24) is 19.7 Å². The van der Waals surface area contributed by atoms with Gasteiger partial charge in [-0.05, 0) is 86.8 Å². The number of hydrogen-bond donors (Lipinski definition) is 1. The highest BCUT2D eigenvalue weighted by molar-refractivity contribution is 9.10. The first-order chi connectivity index (χ1) is 15.6. The van der Waals surface area contributed by atoms with E-state index in [1.165, 1.54) is 6.20 Å². The highest BCUT2D eigenvalue weighted by Crippen LogP contribution is 2.29. The van der Waals surface area contributed by atoms with Crippen molar-refractivity contribution in [3.05, 3.63) is 39.7 Å². The standard InChI is InChI=1S/C22H26BrClN6O4/c1-21(2,3)33-19(31)30(20(32)34-22(4,5)6)17-13-10-26-29(16(13)27-18(24)28-17)11-12-7-8-14(23)15(25)9-12/h7-10H,11,25H2,1-6H3. The van der Waals surface area contributed by atoms with E-state index in [4.69, 9.17) is 26.8 Å². The number of carbonyl (C=O) groups is 2. The van der Waals surface area contributed by atoms with Crippen LogP contribution in [0.3, 0.4) is 0 Å². The van der Waals surface area contributed by atoms with E-state index in [2.05, 4.69) is 31.0 Å². The molecule has 2 heterocycles. The molecule has 0 unspecified atom stereocenters. The maximum atomic E-state index is 13.1. The van der Waals surface area contributed by atoms with Crippen LogP contribution in [0.5, 0.6) is 0 Å². The van der Waals surface area contributed by atoms with Gasteiger partial charge in [0.05, 0.1) is 18.1 Å². The monoisotopic (exact) mass is 552 g/mol. The number of fused-ring (bicyclic) bond motifs is 1. The second kappa shape index (κ2) is 9.38. The average molecular weight is 554 g/mol. The Morgan fingerprint density at radius 3 is 2.21 bits per heavy atom. The Balaban J connectivity index is 2.11. The van der Waals surface area contributed by atoms with Crippen molar-refractivity contribution in [2.75, 3.05) is 10.6 Å². The van der Waals surface area contributed by atoms with Crippen molar-refractivity contribution < 1.29 is 19.1 Å². The summed E-state index contributed by atoms with van der Waals surface area (Å²) in [7, 11) is 0. The van der Waals surface area contributed by atoms with Gasteiger partial charge < -0.3 is 15.2 Å². The summed E-state index contributed by atoms with van der Waals surface area (Å²) in [4.78, 5) is 35.2.